The van der Waals surface area contributed by atoms with E-state index >= 15 is 0 Å². The zero-order valence-electron chi connectivity index (χ0n) is 10.9. The van der Waals surface area contributed by atoms with E-state index in [0.29, 0.717) is 0 Å². The van der Waals surface area contributed by atoms with Crippen LogP contribution in [0.1, 0.15) is 13.8 Å². The Labute approximate surface area is 99.9 Å². The summed E-state index contributed by atoms with van der Waals surface area (Å²) in [5, 5.41) is 3.36. The van der Waals surface area contributed by atoms with Gasteiger partial charge in [0, 0.05) is 39.3 Å². The zero-order valence-corrected chi connectivity index (χ0v) is 10.9. The predicted octanol–water partition coefficient (Wildman–Crippen LogP) is 0.250. The van der Waals surface area contributed by atoms with Crippen LogP contribution in [0.25, 0.3) is 0 Å². The first-order valence-corrected chi connectivity index (χ1v) is 6.60. The van der Waals surface area contributed by atoms with E-state index in [1.54, 1.807) is 0 Å². The van der Waals surface area contributed by atoms with Crippen LogP contribution < -0.4 is 5.32 Å². The average molecular weight is 229 g/mol. The molecule has 0 aromatic heterocycles. The molecule has 1 rings (SSSR count). The summed E-state index contributed by atoms with van der Waals surface area (Å²) in [4.78, 5) is 4.86. The van der Waals surface area contributed by atoms with Crippen LogP contribution in [-0.4, -0.2) is 75.4 Å². The highest BCUT2D eigenvalue weighted by Gasteiger charge is 2.08. The van der Waals surface area contributed by atoms with E-state index in [1.807, 2.05) is 0 Å². The second-order valence-electron chi connectivity index (χ2n) is 4.23. The Morgan fingerprint density at radius 2 is 1.81 bits per heavy atom. The topological polar surface area (TPSA) is 27.7 Å². The minimum atomic E-state index is 0.869. The fourth-order valence-corrected chi connectivity index (χ4v) is 1.96. The molecule has 0 saturated carbocycles. The monoisotopic (exact) mass is 229 g/mol. The maximum atomic E-state index is 5.67. The molecule has 0 aromatic carbocycles. The Morgan fingerprint density at radius 3 is 2.44 bits per heavy atom. The summed E-state index contributed by atoms with van der Waals surface area (Å²) in [7, 11) is 0. The minimum Gasteiger partial charge on any atom is -0.379 e. The standard InChI is InChI=1S/C12H27N3O/c1-3-14(4-2)9-11-16-12-10-15-7-5-13-6-8-15/h13H,3-12H2,1-2H3. The molecule has 0 amide bonds. The number of hydrogen-bond acceptors (Lipinski definition) is 4. The molecular weight excluding hydrogens is 202 g/mol. The smallest absolute Gasteiger partial charge is 0.0594 e. The van der Waals surface area contributed by atoms with Crippen LogP contribution >= 0.6 is 0 Å². The molecule has 0 radical (unpaired) electrons. The highest BCUT2D eigenvalue weighted by atomic mass is 16.5. The van der Waals surface area contributed by atoms with Crippen LogP contribution in [0.2, 0.25) is 0 Å². The van der Waals surface area contributed by atoms with Crippen LogP contribution in [0.3, 0.4) is 0 Å². The van der Waals surface area contributed by atoms with Gasteiger partial charge in [0.05, 0.1) is 13.2 Å². The van der Waals surface area contributed by atoms with Gasteiger partial charge < -0.3 is 15.0 Å². The van der Waals surface area contributed by atoms with Crippen molar-refractivity contribution in [3.63, 3.8) is 0 Å². The second-order valence-corrected chi connectivity index (χ2v) is 4.23. The van der Waals surface area contributed by atoms with Crippen molar-refractivity contribution in [3.05, 3.63) is 0 Å². The van der Waals surface area contributed by atoms with Crippen LogP contribution in [0.4, 0.5) is 0 Å². The van der Waals surface area contributed by atoms with Gasteiger partial charge in [0.2, 0.25) is 0 Å². The fraction of sp³-hybridized carbons (Fsp3) is 1.00. The number of piperazine rings is 1. The lowest BCUT2D eigenvalue weighted by Gasteiger charge is -2.27. The number of nitrogens with zero attached hydrogens (tertiary/aromatic N) is 2. The molecule has 0 aliphatic carbocycles. The van der Waals surface area contributed by atoms with Crippen molar-refractivity contribution < 1.29 is 4.74 Å². The lowest BCUT2D eigenvalue weighted by atomic mass is 10.4. The summed E-state index contributed by atoms with van der Waals surface area (Å²) in [5.41, 5.74) is 0. The molecule has 1 fully saturated rings. The van der Waals surface area contributed by atoms with Crippen LogP contribution in [-0.2, 0) is 4.74 Å². The number of rotatable bonds is 8. The highest BCUT2D eigenvalue weighted by Crippen LogP contribution is 1.92. The Balaban J connectivity index is 1.90. The first kappa shape index (κ1) is 13.9. The van der Waals surface area contributed by atoms with Gasteiger partial charge in [0.25, 0.3) is 0 Å². The quantitative estimate of drug-likeness (QED) is 0.604. The van der Waals surface area contributed by atoms with E-state index in [1.165, 1.54) is 13.1 Å². The Morgan fingerprint density at radius 1 is 1.12 bits per heavy atom. The summed E-state index contributed by atoms with van der Waals surface area (Å²) in [6.45, 7) is 15.1. The Hall–Kier alpha value is -0.160. The third-order valence-corrected chi connectivity index (χ3v) is 3.21. The molecular formula is C12H27N3O. The maximum Gasteiger partial charge on any atom is 0.0594 e. The zero-order chi connectivity index (χ0) is 11.6. The van der Waals surface area contributed by atoms with E-state index in [-0.39, 0.29) is 0 Å². The Kier molecular flexibility index (Phi) is 7.76. The molecule has 0 bridgehead atoms. The van der Waals surface area contributed by atoms with Gasteiger partial charge in [0.1, 0.15) is 0 Å². The largest absolute Gasteiger partial charge is 0.379 e. The summed E-state index contributed by atoms with van der Waals surface area (Å²) in [5.74, 6) is 0. The van der Waals surface area contributed by atoms with Gasteiger partial charge in [-0.15, -0.1) is 0 Å². The van der Waals surface area contributed by atoms with E-state index in [0.717, 1.165) is 52.5 Å². The molecule has 0 atom stereocenters. The van der Waals surface area contributed by atoms with Gasteiger partial charge in [-0.1, -0.05) is 13.8 Å². The summed E-state index contributed by atoms with van der Waals surface area (Å²) >= 11 is 0. The van der Waals surface area contributed by atoms with E-state index in [4.69, 9.17) is 4.74 Å². The summed E-state index contributed by atoms with van der Waals surface area (Å²) in [6, 6.07) is 0. The molecule has 4 nitrogen and oxygen atoms in total. The van der Waals surface area contributed by atoms with Gasteiger partial charge in [-0.05, 0) is 13.1 Å². The van der Waals surface area contributed by atoms with Crippen molar-refractivity contribution in [1.29, 1.82) is 0 Å². The van der Waals surface area contributed by atoms with Gasteiger partial charge in [0.15, 0.2) is 0 Å². The van der Waals surface area contributed by atoms with E-state index in [2.05, 4.69) is 29.0 Å². The van der Waals surface area contributed by atoms with Gasteiger partial charge in [-0.25, -0.2) is 0 Å². The molecule has 96 valence electrons. The maximum absolute atomic E-state index is 5.67. The molecule has 16 heavy (non-hydrogen) atoms. The fourth-order valence-electron chi connectivity index (χ4n) is 1.96. The predicted molar refractivity (Wildman–Crippen MR) is 67.9 cm³/mol. The average Bonchev–Trinajstić information content (AvgIpc) is 2.35. The van der Waals surface area contributed by atoms with Crippen molar-refractivity contribution in [3.8, 4) is 0 Å². The molecule has 1 saturated heterocycles. The van der Waals surface area contributed by atoms with Gasteiger partial charge >= 0.3 is 0 Å². The SMILES string of the molecule is CCN(CC)CCOCCN1CCNCC1. The third-order valence-electron chi connectivity index (χ3n) is 3.21. The first-order valence-electron chi connectivity index (χ1n) is 6.60. The van der Waals surface area contributed by atoms with Crippen LogP contribution in [0.15, 0.2) is 0 Å². The number of ether oxygens (including phenoxy) is 1. The van der Waals surface area contributed by atoms with Gasteiger partial charge in [-0.3, -0.25) is 4.90 Å². The number of likely N-dealkylation sites (N-methyl/N-ethyl adjacent to an activating group) is 1. The lowest BCUT2D eigenvalue weighted by Crippen LogP contribution is -2.44. The molecule has 1 aliphatic rings. The van der Waals surface area contributed by atoms with Gasteiger partial charge in [-0.2, -0.15) is 0 Å². The highest BCUT2D eigenvalue weighted by molar-refractivity contribution is 4.66. The van der Waals surface area contributed by atoms with E-state index in [9.17, 15) is 0 Å². The molecule has 0 unspecified atom stereocenters. The van der Waals surface area contributed by atoms with E-state index < -0.39 is 0 Å². The molecule has 0 aromatic rings. The third kappa shape index (κ3) is 5.80. The molecule has 1 N–H and O–H groups in total. The van der Waals surface area contributed by atoms with Crippen molar-refractivity contribution in [2.24, 2.45) is 0 Å². The van der Waals surface area contributed by atoms with Crippen molar-refractivity contribution in [2.45, 2.75) is 13.8 Å². The minimum absolute atomic E-state index is 0.869. The van der Waals surface area contributed by atoms with Crippen LogP contribution in [0, 0.1) is 0 Å². The normalized spacial score (nSPS) is 18.2. The summed E-state index contributed by atoms with van der Waals surface area (Å²) < 4.78 is 5.67. The molecule has 1 aliphatic heterocycles. The lowest BCUT2D eigenvalue weighted by molar-refractivity contribution is 0.0820. The van der Waals surface area contributed by atoms with Crippen LogP contribution in [0.5, 0.6) is 0 Å². The second kappa shape index (κ2) is 8.93. The number of hydrogen-bond donors (Lipinski definition) is 1. The summed E-state index contributed by atoms with van der Waals surface area (Å²) in [6.07, 6.45) is 0. The molecule has 4 heteroatoms. The molecule has 0 spiro atoms. The number of nitrogens with one attached hydrogen (secondary N) is 1. The Bertz CT molecular complexity index is 156. The van der Waals surface area contributed by atoms with Crippen molar-refractivity contribution in [2.75, 3.05) is 65.6 Å². The van der Waals surface area contributed by atoms with Crippen molar-refractivity contribution >= 4 is 0 Å². The van der Waals surface area contributed by atoms with Crippen molar-refractivity contribution in [1.82, 2.24) is 15.1 Å². The molecule has 1 heterocycles. The first-order chi connectivity index (χ1) is 7.86.